The number of pyridine rings is 1. The summed E-state index contributed by atoms with van der Waals surface area (Å²) in [5, 5.41) is 0. The number of halogens is 1. The molecule has 0 N–H and O–H groups in total. The fourth-order valence-corrected chi connectivity index (χ4v) is 6.30. The Labute approximate surface area is 299 Å². The van der Waals surface area contributed by atoms with E-state index in [1.54, 1.807) is 29.0 Å². The monoisotopic (exact) mass is 691 g/mol. The van der Waals surface area contributed by atoms with Crippen molar-refractivity contribution in [2.75, 3.05) is 13.6 Å². The Kier molecular flexibility index (Phi) is 12.4. The van der Waals surface area contributed by atoms with E-state index in [4.69, 9.17) is 16.0 Å². The number of carbonyl (C=O) groups excluding carboxylic acids is 1. The highest BCUT2D eigenvalue weighted by Crippen LogP contribution is 2.41. The zero-order valence-electron chi connectivity index (χ0n) is 30.1. The molecule has 0 aliphatic carbocycles. The average molecular weight is 692 g/mol. The van der Waals surface area contributed by atoms with Crippen LogP contribution in [0.15, 0.2) is 83.9 Å². The lowest BCUT2D eigenvalue weighted by atomic mass is 10.0. The Morgan fingerprint density at radius 2 is 1.65 bits per heavy atom. The molecule has 0 amide bonds. The summed E-state index contributed by atoms with van der Waals surface area (Å²) in [6.45, 7) is 17.3. The predicted molar refractivity (Wildman–Crippen MR) is 198 cm³/mol. The summed E-state index contributed by atoms with van der Waals surface area (Å²) in [4.78, 5) is 38.8. The number of rotatable bonds is 16. The fraction of sp³-hybridized carbons (Fsp3) is 0.366. The normalized spacial score (nSPS) is 11.5. The first-order chi connectivity index (χ1) is 24.7. The first kappa shape index (κ1) is 37.0. The van der Waals surface area contributed by atoms with Crippen LogP contribution in [0.1, 0.15) is 80.7 Å². The van der Waals surface area contributed by atoms with Crippen molar-refractivity contribution in [2.45, 2.75) is 85.1 Å². The van der Waals surface area contributed by atoms with Crippen LogP contribution in [0.5, 0.6) is 5.75 Å². The standard InChI is InChI=1S/C41H46FN5O4/c1-7-31(8-2)50-33-20-18-28(19-21-33)37-36(27-45(6)24-22-30-16-13-14-23-44-30)47-39(38(37)43-5)46(25-29-15-11-12-17-35(29)42)26-34(40(47)48)41(49)51-32(9-3)10-4/h11-21,23,26,31-32H,7-10,22,24-25,27H2,1-4,6H3. The van der Waals surface area contributed by atoms with Crippen molar-refractivity contribution in [1.82, 2.24) is 18.9 Å². The van der Waals surface area contributed by atoms with Gasteiger partial charge in [-0.2, -0.15) is 0 Å². The Morgan fingerprint density at radius 1 is 0.961 bits per heavy atom. The van der Waals surface area contributed by atoms with E-state index < -0.39 is 17.3 Å². The minimum atomic E-state index is -0.755. The van der Waals surface area contributed by atoms with Gasteiger partial charge in [0.2, 0.25) is 5.69 Å². The molecule has 266 valence electrons. The SMILES string of the molecule is [C-]#[N+]c1c(-c2ccc(OC(CC)CC)cc2)c(CN(C)CCc2ccccn2)n2c(=O)c(C(=O)OC(CC)CC)cn(Cc3ccccc3F)c12. The van der Waals surface area contributed by atoms with Gasteiger partial charge in [-0.25, -0.2) is 14.0 Å². The Hall–Kier alpha value is -5.27. The van der Waals surface area contributed by atoms with Crippen molar-refractivity contribution in [3.05, 3.63) is 129 Å². The molecule has 51 heavy (non-hydrogen) atoms. The molecule has 3 aromatic heterocycles. The third-order valence-corrected chi connectivity index (χ3v) is 9.28. The van der Waals surface area contributed by atoms with E-state index in [0.717, 1.165) is 18.5 Å². The van der Waals surface area contributed by atoms with Crippen molar-refractivity contribution in [2.24, 2.45) is 0 Å². The molecular weight excluding hydrogens is 645 g/mol. The maximum Gasteiger partial charge on any atom is 0.345 e. The second-order valence-electron chi connectivity index (χ2n) is 12.7. The number of carbonyl (C=O) groups is 1. The maximum absolute atomic E-state index is 15.1. The molecule has 0 aliphatic heterocycles. The molecule has 3 heterocycles. The molecule has 0 aliphatic rings. The van der Waals surface area contributed by atoms with Gasteiger partial charge in [0, 0.05) is 54.4 Å². The second-order valence-corrected chi connectivity index (χ2v) is 12.7. The Balaban J connectivity index is 1.74. The predicted octanol–water partition coefficient (Wildman–Crippen LogP) is 8.49. The van der Waals surface area contributed by atoms with E-state index in [0.29, 0.717) is 53.9 Å². The number of hydrogen-bond donors (Lipinski definition) is 0. The van der Waals surface area contributed by atoms with Gasteiger partial charge in [0.1, 0.15) is 28.9 Å². The second kappa shape index (κ2) is 17.1. The number of ether oxygens (including phenoxy) is 2. The first-order valence-corrected chi connectivity index (χ1v) is 17.7. The quantitative estimate of drug-likeness (QED) is 0.0763. The van der Waals surface area contributed by atoms with Gasteiger partial charge in [-0.1, -0.05) is 64.1 Å². The topological polar surface area (TPSA) is 82.4 Å². The summed E-state index contributed by atoms with van der Waals surface area (Å²) in [5.41, 5.74) is 2.82. The van der Waals surface area contributed by atoms with Gasteiger partial charge < -0.3 is 18.9 Å². The van der Waals surface area contributed by atoms with Crippen LogP contribution in [0.2, 0.25) is 0 Å². The van der Waals surface area contributed by atoms with Crippen LogP contribution in [-0.2, 0) is 24.2 Å². The van der Waals surface area contributed by atoms with Crippen molar-refractivity contribution in [3.63, 3.8) is 0 Å². The average Bonchev–Trinajstić information content (AvgIpc) is 3.48. The van der Waals surface area contributed by atoms with Gasteiger partial charge in [0.05, 0.1) is 19.2 Å². The number of benzene rings is 2. The van der Waals surface area contributed by atoms with Crippen molar-refractivity contribution in [1.29, 1.82) is 0 Å². The van der Waals surface area contributed by atoms with E-state index in [1.165, 1.54) is 16.7 Å². The smallest absolute Gasteiger partial charge is 0.345 e. The number of nitrogens with zero attached hydrogens (tertiary/aromatic N) is 5. The molecule has 0 bridgehead atoms. The summed E-state index contributed by atoms with van der Waals surface area (Å²) in [7, 11) is 1.94. The molecule has 0 saturated heterocycles. The highest BCUT2D eigenvalue weighted by molar-refractivity contribution is 5.94. The molecule has 10 heteroatoms. The van der Waals surface area contributed by atoms with Gasteiger partial charge in [0.25, 0.3) is 5.56 Å². The van der Waals surface area contributed by atoms with Gasteiger partial charge in [-0.05, 0) is 68.6 Å². The van der Waals surface area contributed by atoms with Crippen LogP contribution in [0.3, 0.4) is 0 Å². The minimum absolute atomic E-state index is 0.0230. The molecule has 9 nitrogen and oxygen atoms in total. The number of aromatic nitrogens is 3. The molecule has 0 spiro atoms. The highest BCUT2D eigenvalue weighted by atomic mass is 19.1. The van der Waals surface area contributed by atoms with E-state index in [1.807, 2.05) is 63.4 Å². The zero-order valence-corrected chi connectivity index (χ0v) is 30.1. The summed E-state index contributed by atoms with van der Waals surface area (Å²) >= 11 is 0. The van der Waals surface area contributed by atoms with E-state index in [9.17, 15) is 9.59 Å². The van der Waals surface area contributed by atoms with Gasteiger partial charge in [0.15, 0.2) is 0 Å². The molecule has 0 unspecified atom stereocenters. The number of likely N-dealkylation sites (N-methyl/N-ethyl adjacent to an activating group) is 1. The Morgan fingerprint density at radius 3 is 2.27 bits per heavy atom. The van der Waals surface area contributed by atoms with Crippen LogP contribution >= 0.6 is 0 Å². The minimum Gasteiger partial charge on any atom is -0.490 e. The van der Waals surface area contributed by atoms with Gasteiger partial charge in [-0.15, -0.1) is 0 Å². The van der Waals surface area contributed by atoms with Crippen LogP contribution < -0.4 is 10.3 Å². The van der Waals surface area contributed by atoms with Crippen LogP contribution in [0.25, 0.3) is 21.6 Å². The highest BCUT2D eigenvalue weighted by Gasteiger charge is 2.29. The summed E-state index contributed by atoms with van der Waals surface area (Å²) < 4.78 is 30.2. The van der Waals surface area contributed by atoms with Crippen molar-refractivity contribution >= 4 is 17.3 Å². The van der Waals surface area contributed by atoms with Crippen LogP contribution in [-0.4, -0.2) is 50.6 Å². The van der Waals surface area contributed by atoms with Gasteiger partial charge >= 0.3 is 5.97 Å². The molecule has 5 aromatic rings. The zero-order chi connectivity index (χ0) is 36.5. The molecule has 0 fully saturated rings. The molecule has 2 aromatic carbocycles. The summed E-state index contributed by atoms with van der Waals surface area (Å²) in [5.74, 6) is -0.482. The lowest BCUT2D eigenvalue weighted by molar-refractivity contribution is 0.0281. The van der Waals surface area contributed by atoms with E-state index in [-0.39, 0.29) is 42.2 Å². The summed E-state index contributed by atoms with van der Waals surface area (Å²) in [6.07, 6.45) is 6.46. The first-order valence-electron chi connectivity index (χ1n) is 17.7. The molecule has 0 atom stereocenters. The van der Waals surface area contributed by atoms with E-state index in [2.05, 4.69) is 28.6 Å². The third-order valence-electron chi connectivity index (χ3n) is 9.28. The van der Waals surface area contributed by atoms with Crippen LogP contribution in [0, 0.1) is 12.4 Å². The van der Waals surface area contributed by atoms with Gasteiger partial charge in [-0.3, -0.25) is 14.2 Å². The Bertz CT molecular complexity index is 2040. The van der Waals surface area contributed by atoms with Crippen molar-refractivity contribution in [3.8, 4) is 16.9 Å². The molecule has 0 saturated carbocycles. The summed E-state index contributed by atoms with van der Waals surface area (Å²) in [6, 6.07) is 19.7. The number of fused-ring (bicyclic) bond motifs is 1. The van der Waals surface area contributed by atoms with Crippen molar-refractivity contribution < 1.29 is 18.7 Å². The maximum atomic E-state index is 15.1. The largest absolute Gasteiger partial charge is 0.490 e. The van der Waals surface area contributed by atoms with Crippen LogP contribution in [0.4, 0.5) is 10.1 Å². The number of esters is 1. The third kappa shape index (κ3) is 8.38. The lowest BCUT2D eigenvalue weighted by Crippen LogP contribution is -2.31. The lowest BCUT2D eigenvalue weighted by Gasteiger charge is -2.20. The number of hydrogen-bond acceptors (Lipinski definition) is 6. The molecule has 0 radical (unpaired) electrons. The fourth-order valence-electron chi connectivity index (χ4n) is 6.30. The molecular formula is C41H46FN5O4. The van der Waals surface area contributed by atoms with E-state index >= 15 is 4.39 Å². The molecule has 5 rings (SSSR count).